The van der Waals surface area contributed by atoms with Crippen LogP contribution in [0.15, 0.2) is 84.9 Å². The smallest absolute Gasteiger partial charge is 0.135 e. The summed E-state index contributed by atoms with van der Waals surface area (Å²) < 4.78 is 51.1. The summed E-state index contributed by atoms with van der Waals surface area (Å²) in [7, 11) is 0. The number of nitrogens with zero attached hydrogens (tertiary/aromatic N) is 2. The first-order chi connectivity index (χ1) is 21.6. The molecule has 0 aliphatic heterocycles. The molecule has 224 valence electrons. The predicted octanol–water partition coefficient (Wildman–Crippen LogP) is 11.1. The van der Waals surface area contributed by atoms with Gasteiger partial charge in [0.15, 0.2) is 0 Å². The number of ether oxygens (including phenoxy) is 2. The van der Waals surface area contributed by atoms with Gasteiger partial charge in [-0.05, 0) is 66.4 Å². The number of halogens is 2. The number of unbranched alkanes of at least 4 members (excludes halogenated alkanes) is 2. The molecule has 2 aromatic heterocycles. The van der Waals surface area contributed by atoms with E-state index in [1.807, 2.05) is 60.7 Å². The third-order valence-electron chi connectivity index (χ3n) is 7.47. The van der Waals surface area contributed by atoms with Crippen LogP contribution in [-0.4, -0.2) is 22.0 Å². The van der Waals surface area contributed by atoms with E-state index in [9.17, 15) is 0 Å². The van der Waals surface area contributed by atoms with Gasteiger partial charge in [0.1, 0.15) is 34.2 Å². The summed E-state index contributed by atoms with van der Waals surface area (Å²) in [4.78, 5) is 1.74. The van der Waals surface area contributed by atoms with Gasteiger partial charge in [-0.2, -0.15) is 8.75 Å². The van der Waals surface area contributed by atoms with Gasteiger partial charge in [0.25, 0.3) is 0 Å². The fraction of sp³-hybridized carbons (Fsp3) is 0.222. The van der Waals surface area contributed by atoms with Crippen LogP contribution in [0, 0.1) is 11.6 Å². The van der Waals surface area contributed by atoms with Crippen LogP contribution >= 0.6 is 23.1 Å². The van der Waals surface area contributed by atoms with Gasteiger partial charge >= 0.3 is 0 Å². The summed E-state index contributed by atoms with van der Waals surface area (Å²) in [6.45, 7) is 5.48. The molecule has 44 heavy (non-hydrogen) atoms. The van der Waals surface area contributed by atoms with Gasteiger partial charge in [-0.3, -0.25) is 0 Å². The van der Waals surface area contributed by atoms with E-state index < -0.39 is 0 Å². The standard InChI is InChI=1S/C36H32F2N2O2S2/c1-3-5-19-41-25-10-7-23(8-11-25)24-9-13-27(31(37)21-24)28-15-16-30(36-35(28)39-44-40-36)34-18-17-33(43-34)29-14-12-26(22-32(29)38)42-20-6-4-2/h7-18,21-22H,3-6,19-20H2,1-2H3. The zero-order chi connectivity index (χ0) is 30.5. The summed E-state index contributed by atoms with van der Waals surface area (Å²) in [5, 5.41) is 0. The normalized spacial score (nSPS) is 11.3. The molecule has 0 spiro atoms. The fourth-order valence-corrected chi connectivity index (χ4v) is 6.65. The van der Waals surface area contributed by atoms with E-state index in [0.29, 0.717) is 46.7 Å². The van der Waals surface area contributed by atoms with Gasteiger partial charge in [0, 0.05) is 38.1 Å². The highest BCUT2D eigenvalue weighted by Crippen LogP contribution is 2.41. The summed E-state index contributed by atoms with van der Waals surface area (Å²) in [6, 6.07) is 25.7. The molecular weight excluding hydrogens is 595 g/mol. The van der Waals surface area contributed by atoms with E-state index in [1.54, 1.807) is 18.2 Å². The average molecular weight is 627 g/mol. The lowest BCUT2D eigenvalue weighted by atomic mass is 9.97. The van der Waals surface area contributed by atoms with Gasteiger partial charge in [0.2, 0.25) is 0 Å². The fourth-order valence-electron chi connectivity index (χ4n) is 5.02. The zero-order valence-corrected chi connectivity index (χ0v) is 26.2. The van der Waals surface area contributed by atoms with Crippen molar-refractivity contribution >= 4 is 34.1 Å². The van der Waals surface area contributed by atoms with Crippen LogP contribution in [0.3, 0.4) is 0 Å². The highest BCUT2D eigenvalue weighted by Gasteiger charge is 2.18. The summed E-state index contributed by atoms with van der Waals surface area (Å²) in [5.41, 5.74) is 5.59. The van der Waals surface area contributed by atoms with E-state index in [-0.39, 0.29) is 11.6 Å². The van der Waals surface area contributed by atoms with Crippen molar-refractivity contribution in [3.63, 3.8) is 0 Å². The molecule has 6 aromatic rings. The lowest BCUT2D eigenvalue weighted by Gasteiger charge is -2.10. The first-order valence-corrected chi connectivity index (χ1v) is 16.4. The molecule has 0 amide bonds. The van der Waals surface area contributed by atoms with Crippen molar-refractivity contribution in [1.29, 1.82) is 0 Å². The van der Waals surface area contributed by atoms with Crippen LogP contribution in [0.4, 0.5) is 8.78 Å². The molecule has 4 aromatic carbocycles. The van der Waals surface area contributed by atoms with Gasteiger partial charge in [0.05, 0.1) is 24.9 Å². The number of benzene rings is 4. The lowest BCUT2D eigenvalue weighted by molar-refractivity contribution is 0.308. The molecule has 0 aliphatic carbocycles. The summed E-state index contributed by atoms with van der Waals surface area (Å²) in [5.74, 6) is 0.696. The van der Waals surface area contributed by atoms with E-state index in [2.05, 4.69) is 22.6 Å². The minimum atomic E-state index is -0.330. The number of fused-ring (bicyclic) bond motifs is 1. The molecule has 0 saturated carbocycles. The van der Waals surface area contributed by atoms with E-state index in [4.69, 9.17) is 9.47 Å². The number of thiophene rings is 1. The highest BCUT2D eigenvalue weighted by atomic mass is 32.1. The third kappa shape index (κ3) is 6.37. The lowest BCUT2D eigenvalue weighted by Crippen LogP contribution is -1.97. The maximum absolute atomic E-state index is 15.6. The van der Waals surface area contributed by atoms with Gasteiger partial charge < -0.3 is 9.47 Å². The topological polar surface area (TPSA) is 44.2 Å². The van der Waals surface area contributed by atoms with Crippen molar-refractivity contribution in [2.75, 3.05) is 13.2 Å². The number of hydrogen-bond acceptors (Lipinski definition) is 6. The minimum absolute atomic E-state index is 0.321. The van der Waals surface area contributed by atoms with Crippen LogP contribution in [0.25, 0.3) is 54.2 Å². The highest BCUT2D eigenvalue weighted by molar-refractivity contribution is 7.19. The van der Waals surface area contributed by atoms with Crippen LogP contribution in [0.1, 0.15) is 39.5 Å². The predicted molar refractivity (Wildman–Crippen MR) is 178 cm³/mol. The maximum atomic E-state index is 15.6. The Labute approximate surface area is 264 Å². The van der Waals surface area contributed by atoms with Crippen molar-refractivity contribution in [1.82, 2.24) is 8.75 Å². The van der Waals surface area contributed by atoms with E-state index in [1.165, 1.54) is 17.4 Å². The first kappa shape index (κ1) is 29.9. The molecule has 0 atom stereocenters. The Morgan fingerprint density at radius 1 is 0.568 bits per heavy atom. The van der Waals surface area contributed by atoms with E-state index >= 15 is 8.78 Å². The van der Waals surface area contributed by atoms with Crippen molar-refractivity contribution in [3.8, 4) is 54.6 Å². The van der Waals surface area contributed by atoms with Crippen LogP contribution in [-0.2, 0) is 0 Å². The molecule has 0 radical (unpaired) electrons. The Morgan fingerprint density at radius 3 is 1.80 bits per heavy atom. The monoisotopic (exact) mass is 626 g/mol. The van der Waals surface area contributed by atoms with Crippen molar-refractivity contribution in [2.45, 2.75) is 39.5 Å². The van der Waals surface area contributed by atoms with Crippen molar-refractivity contribution < 1.29 is 18.3 Å². The second-order valence-electron chi connectivity index (χ2n) is 10.6. The van der Waals surface area contributed by atoms with Gasteiger partial charge in [-0.1, -0.05) is 63.1 Å². The molecule has 0 bridgehead atoms. The zero-order valence-electron chi connectivity index (χ0n) is 24.6. The largest absolute Gasteiger partial charge is 0.494 e. The molecule has 2 heterocycles. The molecule has 0 unspecified atom stereocenters. The average Bonchev–Trinajstić information content (AvgIpc) is 3.73. The molecule has 0 saturated heterocycles. The molecule has 0 N–H and O–H groups in total. The summed E-state index contributed by atoms with van der Waals surface area (Å²) >= 11 is 2.58. The Bertz CT molecular complexity index is 1880. The van der Waals surface area contributed by atoms with Crippen molar-refractivity contribution in [2.24, 2.45) is 0 Å². The molecule has 4 nitrogen and oxygen atoms in total. The molecule has 0 fully saturated rings. The van der Waals surface area contributed by atoms with Crippen LogP contribution < -0.4 is 9.47 Å². The Morgan fingerprint density at radius 2 is 1.11 bits per heavy atom. The second-order valence-corrected chi connectivity index (χ2v) is 12.2. The van der Waals surface area contributed by atoms with Crippen LogP contribution in [0.5, 0.6) is 11.5 Å². The van der Waals surface area contributed by atoms with E-state index in [0.717, 1.165) is 69.6 Å². The Hall–Kier alpha value is -4.14. The van der Waals surface area contributed by atoms with Gasteiger partial charge in [-0.25, -0.2) is 8.78 Å². The number of aromatic nitrogens is 2. The third-order valence-corrected chi connectivity index (χ3v) is 9.15. The molecular formula is C36H32F2N2O2S2. The summed E-state index contributed by atoms with van der Waals surface area (Å²) in [6.07, 6.45) is 4.04. The molecule has 8 heteroatoms. The first-order valence-electron chi connectivity index (χ1n) is 14.9. The minimum Gasteiger partial charge on any atom is -0.494 e. The second kappa shape index (κ2) is 13.7. The quantitative estimate of drug-likeness (QED) is 0.127. The van der Waals surface area contributed by atoms with Crippen molar-refractivity contribution in [3.05, 3.63) is 96.6 Å². The molecule has 6 rings (SSSR count). The Kier molecular flexibility index (Phi) is 9.28. The number of rotatable bonds is 12. The maximum Gasteiger partial charge on any atom is 0.135 e. The molecule has 0 aliphatic rings. The number of hydrogen-bond donors (Lipinski definition) is 0. The van der Waals surface area contributed by atoms with Crippen LogP contribution in [0.2, 0.25) is 0 Å². The SMILES string of the molecule is CCCCOc1ccc(-c2ccc(-c3ccc(-c4ccc(-c5ccc(OCCCC)cc5F)s4)c4nsnc34)c(F)c2)cc1. The van der Waals surface area contributed by atoms with Gasteiger partial charge in [-0.15, -0.1) is 11.3 Å². The Balaban J connectivity index is 1.25.